The van der Waals surface area contributed by atoms with Crippen molar-refractivity contribution in [2.45, 2.75) is 66.0 Å². The minimum atomic E-state index is -1.59. The molecule has 0 aromatic heterocycles. The van der Waals surface area contributed by atoms with Gasteiger partial charge in [0.2, 0.25) is 0 Å². The first kappa shape index (κ1) is 50.5. The van der Waals surface area contributed by atoms with Crippen LogP contribution in [0.5, 0.6) is 0 Å². The van der Waals surface area contributed by atoms with Crippen molar-refractivity contribution in [2.75, 3.05) is 21.3 Å². The SMILES string of the molecule is CC(C)(C)O.COCc1c(F)c(F)c(CO)c(F)c1F.COCc1c(F)c(F)c(CO)c(F)c1F.COCc1c(F)c(F)c(CO)c(F)c1F.[Zr]. The fourth-order valence-corrected chi connectivity index (χ4v) is 3.40. The summed E-state index contributed by atoms with van der Waals surface area (Å²) in [6.07, 6.45) is 0. The van der Waals surface area contributed by atoms with Crippen LogP contribution in [0.2, 0.25) is 0 Å². The zero-order valence-corrected chi connectivity index (χ0v) is 30.2. The van der Waals surface area contributed by atoms with E-state index in [1.165, 1.54) is 0 Å². The average molecular weight is 838 g/mol. The first-order valence-electron chi connectivity index (χ1n) is 13.7. The van der Waals surface area contributed by atoms with Crippen LogP contribution in [0.4, 0.5) is 52.7 Å². The molecule has 3 rings (SSSR count). The van der Waals surface area contributed by atoms with Gasteiger partial charge >= 0.3 is 0 Å². The molecule has 20 heteroatoms. The summed E-state index contributed by atoms with van der Waals surface area (Å²) in [5.41, 5.74) is -6.06. The van der Waals surface area contributed by atoms with E-state index in [1.807, 2.05) is 0 Å². The normalized spacial score (nSPS) is 10.7. The molecule has 7 nitrogen and oxygen atoms in total. The number of benzene rings is 3. The van der Waals surface area contributed by atoms with E-state index < -0.39 is 148 Å². The van der Waals surface area contributed by atoms with Crippen LogP contribution in [-0.4, -0.2) is 47.4 Å². The van der Waals surface area contributed by atoms with Crippen molar-refractivity contribution in [3.8, 4) is 0 Å². The van der Waals surface area contributed by atoms with Gasteiger partial charge in [-0.05, 0) is 20.8 Å². The molecule has 0 atom stereocenters. The van der Waals surface area contributed by atoms with Gasteiger partial charge in [-0.3, -0.25) is 0 Å². The molecule has 0 aliphatic rings. The van der Waals surface area contributed by atoms with E-state index >= 15 is 0 Å². The largest absolute Gasteiger partial charge is 0.391 e. The summed E-state index contributed by atoms with van der Waals surface area (Å²) in [6, 6.07) is 0. The smallest absolute Gasteiger partial charge is 0.167 e. The molecule has 0 heterocycles. The van der Waals surface area contributed by atoms with Gasteiger partial charge in [0.1, 0.15) is 0 Å². The molecule has 0 spiro atoms. The van der Waals surface area contributed by atoms with E-state index in [2.05, 4.69) is 14.2 Å². The first-order valence-corrected chi connectivity index (χ1v) is 13.7. The van der Waals surface area contributed by atoms with E-state index in [-0.39, 0.29) is 26.2 Å². The van der Waals surface area contributed by atoms with Crippen LogP contribution < -0.4 is 0 Å². The summed E-state index contributed by atoms with van der Waals surface area (Å²) in [5, 5.41) is 34.1. The van der Waals surface area contributed by atoms with Crippen LogP contribution >= 0.6 is 0 Å². The van der Waals surface area contributed by atoms with E-state index in [4.69, 9.17) is 20.4 Å². The molecule has 0 saturated heterocycles. The molecular formula is C31H34F12O7Zr. The molecule has 0 amide bonds. The maximum absolute atomic E-state index is 13.1. The Morgan fingerprint density at radius 1 is 0.373 bits per heavy atom. The Kier molecular flexibility index (Phi) is 23.0. The number of ether oxygens (including phenoxy) is 3. The second-order valence-electron chi connectivity index (χ2n) is 10.6. The molecule has 0 radical (unpaired) electrons. The van der Waals surface area contributed by atoms with Gasteiger partial charge in [0.25, 0.3) is 0 Å². The van der Waals surface area contributed by atoms with Crippen molar-refractivity contribution in [2.24, 2.45) is 0 Å². The monoisotopic (exact) mass is 836 g/mol. The number of hydrogen-bond acceptors (Lipinski definition) is 7. The minimum Gasteiger partial charge on any atom is -0.391 e. The second kappa shape index (κ2) is 23.2. The Hall–Kier alpha value is -2.58. The fraction of sp³-hybridized carbons (Fsp3) is 0.419. The fourth-order valence-electron chi connectivity index (χ4n) is 3.40. The van der Waals surface area contributed by atoms with Gasteiger partial charge in [0.05, 0.1) is 78.6 Å². The molecule has 0 aliphatic heterocycles. The van der Waals surface area contributed by atoms with Gasteiger partial charge in [0.15, 0.2) is 69.8 Å². The number of rotatable bonds is 9. The van der Waals surface area contributed by atoms with E-state index in [9.17, 15) is 52.7 Å². The van der Waals surface area contributed by atoms with Crippen LogP contribution in [0, 0.1) is 69.8 Å². The number of aliphatic hydroxyl groups excluding tert-OH is 3. The Morgan fingerprint density at radius 2 is 0.490 bits per heavy atom. The van der Waals surface area contributed by atoms with E-state index in [0.29, 0.717) is 0 Å². The third-order valence-corrected chi connectivity index (χ3v) is 5.68. The van der Waals surface area contributed by atoms with Crippen molar-refractivity contribution in [3.63, 3.8) is 0 Å². The Bertz CT molecular complexity index is 1320. The number of hydrogen-bond donors (Lipinski definition) is 4. The van der Waals surface area contributed by atoms with Crippen LogP contribution in [0.1, 0.15) is 54.2 Å². The van der Waals surface area contributed by atoms with Crippen molar-refractivity contribution in [1.82, 2.24) is 0 Å². The predicted octanol–water partition coefficient (Wildman–Crippen LogP) is 6.42. The topological polar surface area (TPSA) is 109 Å². The van der Waals surface area contributed by atoms with Crippen LogP contribution in [-0.2, 0) is 80.1 Å². The third kappa shape index (κ3) is 13.7. The summed E-state index contributed by atoms with van der Waals surface area (Å²) in [4.78, 5) is 0. The molecule has 3 aromatic carbocycles. The summed E-state index contributed by atoms with van der Waals surface area (Å²) in [6.45, 7) is 0.134. The van der Waals surface area contributed by atoms with Gasteiger partial charge in [0, 0.05) is 47.5 Å². The molecule has 4 N–H and O–H groups in total. The van der Waals surface area contributed by atoms with Crippen molar-refractivity contribution in [3.05, 3.63) is 103 Å². The molecular weight excluding hydrogens is 804 g/mol. The summed E-state index contributed by atoms with van der Waals surface area (Å²) in [7, 11) is 3.40. The third-order valence-electron chi connectivity index (χ3n) is 5.68. The molecule has 0 aliphatic carbocycles. The van der Waals surface area contributed by atoms with Gasteiger partial charge in [-0.1, -0.05) is 0 Å². The van der Waals surface area contributed by atoms with Crippen LogP contribution in [0.3, 0.4) is 0 Å². The Balaban J connectivity index is 0. The summed E-state index contributed by atoms with van der Waals surface area (Å²) < 4.78 is 170. The minimum absolute atomic E-state index is 0. The molecule has 0 bridgehead atoms. The average Bonchev–Trinajstić information content (AvgIpc) is 3.05. The summed E-state index contributed by atoms with van der Waals surface area (Å²) in [5.74, 6) is -18.8. The number of aliphatic hydroxyl groups is 4. The number of halogens is 12. The van der Waals surface area contributed by atoms with Crippen LogP contribution in [0.25, 0.3) is 0 Å². The molecule has 51 heavy (non-hydrogen) atoms. The molecule has 288 valence electrons. The maximum atomic E-state index is 13.1. The Labute approximate surface area is 303 Å². The Morgan fingerprint density at radius 3 is 0.588 bits per heavy atom. The number of methoxy groups -OCH3 is 3. The summed E-state index contributed by atoms with van der Waals surface area (Å²) >= 11 is 0. The first-order chi connectivity index (χ1) is 23.1. The van der Waals surface area contributed by atoms with Crippen molar-refractivity contribution in [1.29, 1.82) is 0 Å². The van der Waals surface area contributed by atoms with E-state index in [0.717, 1.165) is 21.3 Å². The zero-order valence-electron chi connectivity index (χ0n) is 27.8. The predicted molar refractivity (Wildman–Crippen MR) is 151 cm³/mol. The quantitative estimate of drug-likeness (QED) is 0.146. The molecule has 3 aromatic rings. The van der Waals surface area contributed by atoms with Gasteiger partial charge in [-0.2, -0.15) is 0 Å². The second-order valence-corrected chi connectivity index (χ2v) is 10.6. The maximum Gasteiger partial charge on any atom is 0.167 e. The molecule has 0 saturated carbocycles. The standard InChI is InChI=1S/3C9H8F4O2.C4H10O.Zr/c3*1-15-3-5-8(12)6(10)4(2-14)7(11)9(5)13;1-4(2,3)5;/h3*14H,2-3H2,1H3;5H,1-3H3;. The van der Waals surface area contributed by atoms with Crippen molar-refractivity contribution >= 4 is 0 Å². The van der Waals surface area contributed by atoms with Gasteiger partial charge in [-0.15, -0.1) is 0 Å². The van der Waals surface area contributed by atoms with Crippen LogP contribution in [0.15, 0.2) is 0 Å². The zero-order chi connectivity index (χ0) is 39.3. The molecule has 0 unspecified atom stereocenters. The van der Waals surface area contributed by atoms with Gasteiger partial charge in [-0.25, -0.2) is 52.7 Å². The van der Waals surface area contributed by atoms with E-state index in [1.54, 1.807) is 20.8 Å². The van der Waals surface area contributed by atoms with Crippen molar-refractivity contribution < 1.29 is 114 Å². The van der Waals surface area contributed by atoms with Gasteiger partial charge < -0.3 is 34.6 Å². The molecule has 0 fully saturated rings.